The lowest BCUT2D eigenvalue weighted by atomic mass is 10.1. The van der Waals surface area contributed by atoms with Crippen molar-refractivity contribution in [1.82, 2.24) is 0 Å². The van der Waals surface area contributed by atoms with Gasteiger partial charge in [-0.3, -0.25) is 4.79 Å². The largest absolute Gasteiger partial charge is 0.389 e. The zero-order chi connectivity index (χ0) is 14.5. The number of hydrogen-bond acceptors (Lipinski definition) is 3. The Morgan fingerprint density at radius 2 is 1.80 bits per heavy atom. The number of carbonyl (C=O) groups excluding carboxylic acids is 1. The zero-order valence-electron chi connectivity index (χ0n) is 11.5. The molecule has 0 saturated carbocycles. The standard InChI is InChI=1S/C16H17NO2S/c1-11(18)15-5-3-4-6-16(15)20-14-9-7-13(8-10-14)17-12(2)19/h3-11,18H,1-2H3,(H,17,19). The molecule has 0 bridgehead atoms. The van der Waals surface area contributed by atoms with E-state index >= 15 is 0 Å². The predicted octanol–water partition coefficient (Wildman–Crippen LogP) is 3.85. The van der Waals surface area contributed by atoms with E-state index in [1.807, 2.05) is 48.5 Å². The smallest absolute Gasteiger partial charge is 0.221 e. The molecule has 20 heavy (non-hydrogen) atoms. The van der Waals surface area contributed by atoms with Crippen molar-refractivity contribution < 1.29 is 9.90 Å². The summed E-state index contributed by atoms with van der Waals surface area (Å²) in [5.41, 5.74) is 1.70. The molecule has 0 aliphatic rings. The molecule has 0 aliphatic heterocycles. The highest BCUT2D eigenvalue weighted by molar-refractivity contribution is 7.99. The summed E-state index contributed by atoms with van der Waals surface area (Å²) in [5.74, 6) is -0.0788. The van der Waals surface area contributed by atoms with Gasteiger partial charge in [-0.15, -0.1) is 0 Å². The quantitative estimate of drug-likeness (QED) is 0.898. The molecular formula is C16H17NO2S. The minimum atomic E-state index is -0.489. The van der Waals surface area contributed by atoms with Gasteiger partial charge in [0.15, 0.2) is 0 Å². The normalized spacial score (nSPS) is 11.9. The first-order chi connectivity index (χ1) is 9.56. The van der Waals surface area contributed by atoms with Crippen LogP contribution in [0.25, 0.3) is 0 Å². The van der Waals surface area contributed by atoms with Crippen LogP contribution in [0.5, 0.6) is 0 Å². The monoisotopic (exact) mass is 287 g/mol. The van der Waals surface area contributed by atoms with Crippen LogP contribution >= 0.6 is 11.8 Å². The molecular weight excluding hydrogens is 270 g/mol. The average Bonchev–Trinajstić information content (AvgIpc) is 2.41. The third-order valence-electron chi connectivity index (χ3n) is 2.77. The summed E-state index contributed by atoms with van der Waals surface area (Å²) in [4.78, 5) is 13.1. The molecule has 0 radical (unpaired) electrons. The van der Waals surface area contributed by atoms with Crippen LogP contribution in [-0.2, 0) is 4.79 Å². The summed E-state index contributed by atoms with van der Waals surface area (Å²) >= 11 is 1.60. The highest BCUT2D eigenvalue weighted by Crippen LogP contribution is 2.33. The summed E-state index contributed by atoms with van der Waals surface area (Å²) in [6, 6.07) is 15.5. The van der Waals surface area contributed by atoms with Crippen molar-refractivity contribution >= 4 is 23.4 Å². The number of rotatable bonds is 4. The van der Waals surface area contributed by atoms with Crippen molar-refractivity contribution in [3.05, 3.63) is 54.1 Å². The number of carbonyl (C=O) groups is 1. The van der Waals surface area contributed by atoms with Crippen LogP contribution in [0.2, 0.25) is 0 Å². The Morgan fingerprint density at radius 3 is 2.40 bits per heavy atom. The molecule has 0 spiro atoms. The molecule has 0 aliphatic carbocycles. The Kier molecular flexibility index (Phi) is 4.82. The molecule has 104 valence electrons. The van der Waals surface area contributed by atoms with Gasteiger partial charge in [0, 0.05) is 22.4 Å². The van der Waals surface area contributed by atoms with Gasteiger partial charge < -0.3 is 10.4 Å². The van der Waals surface area contributed by atoms with Crippen LogP contribution in [0.15, 0.2) is 58.3 Å². The number of nitrogens with one attached hydrogen (secondary N) is 1. The Hall–Kier alpha value is -1.78. The van der Waals surface area contributed by atoms with E-state index in [9.17, 15) is 9.90 Å². The zero-order valence-corrected chi connectivity index (χ0v) is 12.3. The second-order valence-electron chi connectivity index (χ2n) is 4.52. The lowest BCUT2D eigenvalue weighted by molar-refractivity contribution is -0.114. The molecule has 0 fully saturated rings. The van der Waals surface area contributed by atoms with Gasteiger partial charge in [0.2, 0.25) is 5.91 Å². The maximum Gasteiger partial charge on any atom is 0.221 e. The van der Waals surface area contributed by atoms with E-state index in [-0.39, 0.29) is 5.91 Å². The van der Waals surface area contributed by atoms with E-state index in [4.69, 9.17) is 0 Å². The molecule has 0 aromatic heterocycles. The van der Waals surface area contributed by atoms with Crippen molar-refractivity contribution in [3.63, 3.8) is 0 Å². The molecule has 4 heteroatoms. The Balaban J connectivity index is 2.16. The summed E-state index contributed by atoms with van der Waals surface area (Å²) in [5, 5.41) is 12.5. The van der Waals surface area contributed by atoms with Crippen LogP contribution in [0.4, 0.5) is 5.69 Å². The van der Waals surface area contributed by atoms with Gasteiger partial charge in [-0.25, -0.2) is 0 Å². The van der Waals surface area contributed by atoms with Gasteiger partial charge >= 0.3 is 0 Å². The van der Waals surface area contributed by atoms with Crippen molar-refractivity contribution in [2.75, 3.05) is 5.32 Å². The average molecular weight is 287 g/mol. The second kappa shape index (κ2) is 6.59. The SMILES string of the molecule is CC(=O)Nc1ccc(Sc2ccccc2C(C)O)cc1. The van der Waals surface area contributed by atoms with Crippen LogP contribution in [0.1, 0.15) is 25.5 Å². The van der Waals surface area contributed by atoms with E-state index in [2.05, 4.69) is 5.32 Å². The van der Waals surface area contributed by atoms with E-state index in [0.717, 1.165) is 21.0 Å². The molecule has 1 atom stereocenters. The number of benzene rings is 2. The van der Waals surface area contributed by atoms with Crippen LogP contribution in [0, 0.1) is 0 Å². The number of anilines is 1. The molecule has 1 unspecified atom stereocenters. The number of aliphatic hydroxyl groups is 1. The van der Waals surface area contributed by atoms with E-state index in [1.54, 1.807) is 18.7 Å². The van der Waals surface area contributed by atoms with Gasteiger partial charge in [0.1, 0.15) is 0 Å². The summed E-state index contributed by atoms with van der Waals surface area (Å²) in [7, 11) is 0. The van der Waals surface area contributed by atoms with Gasteiger partial charge in [-0.2, -0.15) is 0 Å². The Labute approximate surface area is 123 Å². The summed E-state index contributed by atoms with van der Waals surface area (Å²) in [6.07, 6.45) is -0.489. The fourth-order valence-corrected chi connectivity index (χ4v) is 2.88. The minimum Gasteiger partial charge on any atom is -0.389 e. The molecule has 1 amide bonds. The lowest BCUT2D eigenvalue weighted by Crippen LogP contribution is -2.05. The van der Waals surface area contributed by atoms with Gasteiger partial charge in [0.05, 0.1) is 6.10 Å². The molecule has 0 saturated heterocycles. The maximum absolute atomic E-state index is 11.0. The molecule has 2 rings (SSSR count). The maximum atomic E-state index is 11.0. The van der Waals surface area contributed by atoms with Gasteiger partial charge in [0.25, 0.3) is 0 Å². The highest BCUT2D eigenvalue weighted by atomic mass is 32.2. The Bertz CT molecular complexity index is 594. The van der Waals surface area contributed by atoms with E-state index < -0.39 is 6.10 Å². The lowest BCUT2D eigenvalue weighted by Gasteiger charge is -2.11. The molecule has 2 N–H and O–H groups in total. The predicted molar refractivity (Wildman–Crippen MR) is 81.9 cm³/mol. The fraction of sp³-hybridized carbons (Fsp3) is 0.188. The van der Waals surface area contributed by atoms with Crippen LogP contribution in [-0.4, -0.2) is 11.0 Å². The molecule has 2 aromatic carbocycles. The van der Waals surface area contributed by atoms with Gasteiger partial charge in [-0.1, -0.05) is 30.0 Å². The third-order valence-corrected chi connectivity index (χ3v) is 3.87. The first kappa shape index (κ1) is 14.6. The topological polar surface area (TPSA) is 49.3 Å². The van der Waals surface area contributed by atoms with Crippen molar-refractivity contribution in [2.45, 2.75) is 29.7 Å². The van der Waals surface area contributed by atoms with Crippen LogP contribution in [0.3, 0.4) is 0 Å². The van der Waals surface area contributed by atoms with Crippen molar-refractivity contribution in [3.8, 4) is 0 Å². The van der Waals surface area contributed by atoms with Gasteiger partial charge in [-0.05, 0) is 42.8 Å². The number of aliphatic hydroxyl groups excluding tert-OH is 1. The van der Waals surface area contributed by atoms with Crippen LogP contribution < -0.4 is 5.32 Å². The van der Waals surface area contributed by atoms with Crippen molar-refractivity contribution in [2.24, 2.45) is 0 Å². The Morgan fingerprint density at radius 1 is 1.15 bits per heavy atom. The first-order valence-electron chi connectivity index (χ1n) is 6.39. The molecule has 2 aromatic rings. The molecule has 3 nitrogen and oxygen atoms in total. The highest BCUT2D eigenvalue weighted by Gasteiger charge is 2.08. The van der Waals surface area contributed by atoms with E-state index in [1.165, 1.54) is 6.92 Å². The summed E-state index contributed by atoms with van der Waals surface area (Å²) < 4.78 is 0. The summed E-state index contributed by atoms with van der Waals surface area (Å²) in [6.45, 7) is 3.25. The second-order valence-corrected chi connectivity index (χ2v) is 5.64. The third kappa shape index (κ3) is 3.85. The van der Waals surface area contributed by atoms with Crippen molar-refractivity contribution in [1.29, 1.82) is 0 Å². The molecule has 0 heterocycles. The minimum absolute atomic E-state index is 0.0788. The van der Waals surface area contributed by atoms with E-state index in [0.29, 0.717) is 0 Å². The fourth-order valence-electron chi connectivity index (χ4n) is 1.86. The number of hydrogen-bond donors (Lipinski definition) is 2. The first-order valence-corrected chi connectivity index (χ1v) is 7.20. The number of amides is 1.